The van der Waals surface area contributed by atoms with E-state index in [1.165, 1.54) is 0 Å². The van der Waals surface area contributed by atoms with Crippen LogP contribution in [-0.2, 0) is 16.6 Å². The molecule has 2 heterocycles. The summed E-state index contributed by atoms with van der Waals surface area (Å²) in [6, 6.07) is 3.83. The molecule has 0 aliphatic heterocycles. The van der Waals surface area contributed by atoms with E-state index in [4.69, 9.17) is 5.73 Å². The van der Waals surface area contributed by atoms with Gasteiger partial charge in [0.1, 0.15) is 0 Å². The first kappa shape index (κ1) is 12.4. The predicted octanol–water partition coefficient (Wildman–Crippen LogP) is 0.969. The second-order valence-electron chi connectivity index (χ2n) is 3.24. The molecule has 0 aliphatic rings. The molecule has 0 aliphatic carbocycles. The minimum absolute atomic E-state index is 0.108. The first-order chi connectivity index (χ1) is 7.97. The molecule has 3 N–H and O–H groups in total. The summed E-state index contributed by atoms with van der Waals surface area (Å²) in [5.74, 6) is 0. The van der Waals surface area contributed by atoms with Crippen LogP contribution in [0, 0.1) is 6.92 Å². The molecule has 2 aromatic rings. The van der Waals surface area contributed by atoms with Crippen LogP contribution in [0.2, 0.25) is 0 Å². The van der Waals surface area contributed by atoms with Crippen molar-refractivity contribution in [1.29, 1.82) is 0 Å². The van der Waals surface area contributed by atoms with Gasteiger partial charge >= 0.3 is 0 Å². The monoisotopic (exact) mass is 290 g/mol. The summed E-state index contributed by atoms with van der Waals surface area (Å²) >= 11 is 2.39. The highest BCUT2D eigenvalue weighted by Crippen LogP contribution is 2.18. The topological polar surface area (TPSA) is 98.0 Å². The van der Waals surface area contributed by atoms with Crippen molar-refractivity contribution >= 4 is 37.8 Å². The summed E-state index contributed by atoms with van der Waals surface area (Å²) in [5, 5.41) is 7.11. The molecule has 6 nitrogen and oxygen atoms in total. The van der Waals surface area contributed by atoms with Crippen molar-refractivity contribution in [3.05, 3.63) is 21.9 Å². The summed E-state index contributed by atoms with van der Waals surface area (Å²) in [6.07, 6.45) is 0. The number of sulfonamides is 1. The van der Waals surface area contributed by atoms with Crippen LogP contribution in [0.25, 0.3) is 0 Å². The van der Waals surface area contributed by atoms with E-state index in [-0.39, 0.29) is 16.0 Å². The minimum atomic E-state index is -3.61. The van der Waals surface area contributed by atoms with Crippen LogP contribution in [0.15, 0.2) is 16.5 Å². The lowest BCUT2D eigenvalue weighted by atomic mass is 10.4. The molecule has 0 aromatic carbocycles. The molecule has 0 saturated carbocycles. The number of rotatable bonds is 4. The lowest BCUT2D eigenvalue weighted by Gasteiger charge is -2.00. The molecule has 2 aromatic heterocycles. The molecule has 0 saturated heterocycles. The second kappa shape index (κ2) is 4.69. The van der Waals surface area contributed by atoms with Crippen molar-refractivity contribution in [2.45, 2.75) is 17.8 Å². The Labute approximate surface area is 107 Å². The van der Waals surface area contributed by atoms with E-state index in [1.54, 1.807) is 11.3 Å². The third-order valence-corrected chi connectivity index (χ3v) is 5.41. The molecule has 0 fully saturated rings. The standard InChI is InChI=1S/C8H10N4O2S3/c1-5-2-3-6(15-5)4-10-17(13,14)8-12-11-7(9)16-8/h2-3,10H,4H2,1H3,(H2,9,11). The van der Waals surface area contributed by atoms with Gasteiger partial charge in [-0.1, -0.05) is 11.3 Å². The number of nitrogen functional groups attached to an aromatic ring is 1. The first-order valence-corrected chi connectivity index (χ1v) is 7.73. The maximum absolute atomic E-state index is 11.8. The van der Waals surface area contributed by atoms with E-state index in [0.29, 0.717) is 0 Å². The van der Waals surface area contributed by atoms with E-state index < -0.39 is 10.0 Å². The molecule has 0 bridgehead atoms. The fraction of sp³-hybridized carbons (Fsp3) is 0.250. The number of hydrogen-bond donors (Lipinski definition) is 2. The van der Waals surface area contributed by atoms with Crippen molar-refractivity contribution in [3.63, 3.8) is 0 Å². The van der Waals surface area contributed by atoms with E-state index in [0.717, 1.165) is 21.1 Å². The lowest BCUT2D eigenvalue weighted by Crippen LogP contribution is -2.22. The highest BCUT2D eigenvalue weighted by molar-refractivity contribution is 7.91. The van der Waals surface area contributed by atoms with Gasteiger partial charge in [-0.15, -0.1) is 21.5 Å². The number of nitrogens with zero attached hydrogens (tertiary/aromatic N) is 2. The quantitative estimate of drug-likeness (QED) is 0.874. The Balaban J connectivity index is 2.08. The lowest BCUT2D eigenvalue weighted by molar-refractivity contribution is 0.580. The molecule has 17 heavy (non-hydrogen) atoms. The van der Waals surface area contributed by atoms with E-state index in [2.05, 4.69) is 14.9 Å². The summed E-state index contributed by atoms with van der Waals surface area (Å²) in [4.78, 5) is 2.09. The molecule has 0 amide bonds. The Hall–Kier alpha value is -1.03. The van der Waals surface area contributed by atoms with Crippen LogP contribution >= 0.6 is 22.7 Å². The average Bonchev–Trinajstić information content (AvgIpc) is 2.85. The van der Waals surface area contributed by atoms with Crippen LogP contribution in [-0.4, -0.2) is 18.6 Å². The Morgan fingerprint density at radius 2 is 2.12 bits per heavy atom. The number of aryl methyl sites for hydroxylation is 1. The fourth-order valence-electron chi connectivity index (χ4n) is 1.14. The number of nitrogens with two attached hydrogens (primary N) is 1. The van der Waals surface area contributed by atoms with Gasteiger partial charge in [0.2, 0.25) is 9.47 Å². The van der Waals surface area contributed by atoms with Crippen molar-refractivity contribution < 1.29 is 8.42 Å². The van der Waals surface area contributed by atoms with Gasteiger partial charge in [-0.05, 0) is 19.1 Å². The Morgan fingerprint density at radius 3 is 2.65 bits per heavy atom. The smallest absolute Gasteiger partial charge is 0.270 e. The average molecular weight is 290 g/mol. The van der Waals surface area contributed by atoms with Gasteiger partial charge in [0.15, 0.2) is 0 Å². The Bertz CT molecular complexity index is 616. The molecule has 0 atom stereocenters. The second-order valence-corrected chi connectivity index (χ2v) is 7.57. The first-order valence-electron chi connectivity index (χ1n) is 4.61. The number of aromatic nitrogens is 2. The largest absolute Gasteiger partial charge is 0.374 e. The van der Waals surface area contributed by atoms with Gasteiger partial charge in [0.25, 0.3) is 10.0 Å². The highest BCUT2D eigenvalue weighted by atomic mass is 32.2. The summed E-state index contributed by atoms with van der Waals surface area (Å²) < 4.78 is 25.9. The molecule has 0 radical (unpaired) electrons. The van der Waals surface area contributed by atoms with Crippen molar-refractivity contribution in [1.82, 2.24) is 14.9 Å². The molecular formula is C8H10N4O2S3. The van der Waals surface area contributed by atoms with Gasteiger partial charge in [-0.25, -0.2) is 13.1 Å². The van der Waals surface area contributed by atoms with Crippen molar-refractivity contribution in [2.24, 2.45) is 0 Å². The predicted molar refractivity (Wildman–Crippen MR) is 67.4 cm³/mol. The van der Waals surface area contributed by atoms with Crippen molar-refractivity contribution in [2.75, 3.05) is 5.73 Å². The maximum atomic E-state index is 11.8. The van der Waals surface area contributed by atoms with Gasteiger partial charge in [0, 0.05) is 16.3 Å². The van der Waals surface area contributed by atoms with E-state index >= 15 is 0 Å². The number of hydrogen-bond acceptors (Lipinski definition) is 7. The zero-order valence-electron chi connectivity index (χ0n) is 8.87. The number of thiophene rings is 1. The molecular weight excluding hydrogens is 280 g/mol. The zero-order chi connectivity index (χ0) is 12.5. The molecule has 92 valence electrons. The van der Waals surface area contributed by atoms with Gasteiger partial charge < -0.3 is 5.73 Å². The van der Waals surface area contributed by atoms with E-state index in [1.807, 2.05) is 19.1 Å². The minimum Gasteiger partial charge on any atom is -0.374 e. The summed E-state index contributed by atoms with van der Waals surface area (Å²) in [6.45, 7) is 2.22. The molecule has 9 heteroatoms. The Kier molecular flexibility index (Phi) is 3.43. The van der Waals surface area contributed by atoms with Crippen molar-refractivity contribution in [3.8, 4) is 0 Å². The van der Waals surface area contributed by atoms with Crippen LogP contribution in [0.5, 0.6) is 0 Å². The third kappa shape index (κ3) is 3.00. The highest BCUT2D eigenvalue weighted by Gasteiger charge is 2.19. The van der Waals surface area contributed by atoms with Crippen LogP contribution in [0.3, 0.4) is 0 Å². The molecule has 2 rings (SSSR count). The van der Waals surface area contributed by atoms with Crippen LogP contribution in [0.1, 0.15) is 9.75 Å². The van der Waals surface area contributed by atoms with Crippen LogP contribution in [0.4, 0.5) is 5.13 Å². The fourth-order valence-corrected chi connectivity index (χ4v) is 3.89. The maximum Gasteiger partial charge on any atom is 0.270 e. The van der Waals surface area contributed by atoms with Gasteiger partial charge in [-0.2, -0.15) is 0 Å². The van der Waals surface area contributed by atoms with Gasteiger partial charge in [0.05, 0.1) is 0 Å². The Morgan fingerprint density at radius 1 is 1.35 bits per heavy atom. The number of anilines is 1. The normalized spacial score (nSPS) is 11.8. The molecule has 0 spiro atoms. The van der Waals surface area contributed by atoms with Crippen LogP contribution < -0.4 is 10.5 Å². The summed E-state index contributed by atoms with van der Waals surface area (Å²) in [7, 11) is -3.61. The third-order valence-electron chi connectivity index (χ3n) is 1.88. The van der Waals surface area contributed by atoms with E-state index in [9.17, 15) is 8.42 Å². The number of nitrogens with one attached hydrogen (secondary N) is 1. The van der Waals surface area contributed by atoms with Gasteiger partial charge in [-0.3, -0.25) is 0 Å². The zero-order valence-corrected chi connectivity index (χ0v) is 11.3. The molecule has 0 unspecified atom stereocenters. The summed E-state index contributed by atoms with van der Waals surface area (Å²) in [5.41, 5.74) is 5.34. The SMILES string of the molecule is Cc1ccc(CNS(=O)(=O)c2nnc(N)s2)s1.